The van der Waals surface area contributed by atoms with E-state index in [1.165, 1.54) is 21.7 Å². The summed E-state index contributed by atoms with van der Waals surface area (Å²) in [6.45, 7) is 3.21. The molecule has 0 aliphatic heterocycles. The van der Waals surface area contributed by atoms with Gasteiger partial charge >= 0.3 is 5.97 Å². The van der Waals surface area contributed by atoms with Gasteiger partial charge in [-0.15, -0.1) is 0 Å². The smallest absolute Gasteiger partial charge is 0.305 e. The van der Waals surface area contributed by atoms with Gasteiger partial charge in [-0.1, -0.05) is 30.3 Å². The number of pyridine rings is 1. The number of rotatable bonds is 6. The van der Waals surface area contributed by atoms with Crippen LogP contribution >= 0.6 is 0 Å². The molecule has 0 bridgehead atoms. The van der Waals surface area contributed by atoms with Gasteiger partial charge in [-0.3, -0.25) is 4.79 Å². The standard InChI is InChI=1S/C20H22NO2/c1-2-23-20(22)13-7-8-14-21-15-16-9-3-4-10-17(16)18-11-5-6-12-19(18)21/h3-6,9-12,15H,2,7-8,13-14H2,1H3/q+1. The molecule has 0 N–H and O–H groups in total. The monoisotopic (exact) mass is 308 g/mol. The molecule has 0 saturated heterocycles. The summed E-state index contributed by atoms with van der Waals surface area (Å²) in [5.74, 6) is -0.0964. The molecule has 0 fully saturated rings. The van der Waals surface area contributed by atoms with Crippen LogP contribution in [0.1, 0.15) is 26.2 Å². The zero-order chi connectivity index (χ0) is 16.1. The van der Waals surface area contributed by atoms with Gasteiger partial charge in [-0.2, -0.15) is 4.57 Å². The first-order valence-electron chi connectivity index (χ1n) is 8.25. The van der Waals surface area contributed by atoms with Crippen LogP contribution in [-0.4, -0.2) is 12.6 Å². The van der Waals surface area contributed by atoms with Crippen LogP contribution in [0.3, 0.4) is 0 Å². The Morgan fingerprint density at radius 3 is 2.57 bits per heavy atom. The number of fused-ring (bicyclic) bond motifs is 3. The molecule has 3 heteroatoms. The molecule has 3 nitrogen and oxygen atoms in total. The number of carbonyl (C=O) groups is 1. The predicted octanol–water partition coefficient (Wildman–Crippen LogP) is 4.01. The van der Waals surface area contributed by atoms with Crippen molar-refractivity contribution in [3.63, 3.8) is 0 Å². The number of hydrogen-bond acceptors (Lipinski definition) is 2. The highest BCUT2D eigenvalue weighted by atomic mass is 16.5. The van der Waals surface area contributed by atoms with E-state index in [0.29, 0.717) is 13.0 Å². The average Bonchev–Trinajstić information content (AvgIpc) is 2.59. The summed E-state index contributed by atoms with van der Waals surface area (Å²) < 4.78 is 7.27. The summed E-state index contributed by atoms with van der Waals surface area (Å²) in [6, 6.07) is 17.0. The Morgan fingerprint density at radius 2 is 1.74 bits per heavy atom. The number of esters is 1. The lowest BCUT2D eigenvalue weighted by Crippen LogP contribution is -2.34. The Kier molecular flexibility index (Phi) is 4.86. The van der Waals surface area contributed by atoms with Crippen molar-refractivity contribution in [2.24, 2.45) is 0 Å². The Bertz CT molecular complexity index is 826. The van der Waals surface area contributed by atoms with Crippen molar-refractivity contribution in [2.45, 2.75) is 32.7 Å². The van der Waals surface area contributed by atoms with Gasteiger partial charge in [0.2, 0.25) is 5.52 Å². The van der Waals surface area contributed by atoms with Crippen molar-refractivity contribution in [1.82, 2.24) is 0 Å². The Balaban J connectivity index is 1.81. The highest BCUT2D eigenvalue weighted by Crippen LogP contribution is 2.22. The quantitative estimate of drug-likeness (QED) is 0.298. The third kappa shape index (κ3) is 3.50. The van der Waals surface area contributed by atoms with Crippen LogP contribution < -0.4 is 4.57 Å². The zero-order valence-corrected chi connectivity index (χ0v) is 13.5. The van der Waals surface area contributed by atoms with E-state index in [1.807, 2.05) is 6.92 Å². The third-order valence-electron chi connectivity index (χ3n) is 4.09. The van der Waals surface area contributed by atoms with Crippen LogP contribution in [0.25, 0.3) is 21.7 Å². The van der Waals surface area contributed by atoms with Crippen molar-refractivity contribution in [3.8, 4) is 0 Å². The number of aryl methyl sites for hydroxylation is 1. The van der Waals surface area contributed by atoms with Crippen molar-refractivity contribution < 1.29 is 14.1 Å². The molecule has 0 radical (unpaired) electrons. The fourth-order valence-corrected chi connectivity index (χ4v) is 3.01. The topological polar surface area (TPSA) is 30.2 Å². The lowest BCUT2D eigenvalue weighted by atomic mass is 10.1. The second-order valence-electron chi connectivity index (χ2n) is 5.69. The number of benzene rings is 2. The minimum absolute atomic E-state index is 0.0964. The number of aromatic nitrogens is 1. The maximum Gasteiger partial charge on any atom is 0.305 e. The molecule has 2 aromatic carbocycles. The largest absolute Gasteiger partial charge is 0.466 e. The molecule has 1 heterocycles. The third-order valence-corrected chi connectivity index (χ3v) is 4.09. The molecule has 3 aromatic rings. The van der Waals surface area contributed by atoms with Crippen LogP contribution in [0.15, 0.2) is 54.7 Å². The molecule has 0 saturated carbocycles. The summed E-state index contributed by atoms with van der Waals surface area (Å²) in [5, 5.41) is 3.80. The highest BCUT2D eigenvalue weighted by molar-refractivity contribution is 6.03. The van der Waals surface area contributed by atoms with E-state index < -0.39 is 0 Å². The number of para-hydroxylation sites is 1. The number of ether oxygens (including phenoxy) is 1. The van der Waals surface area contributed by atoms with Crippen LogP contribution in [0.4, 0.5) is 0 Å². The first kappa shape index (κ1) is 15.5. The molecule has 0 unspecified atom stereocenters. The molecule has 3 rings (SSSR count). The van der Waals surface area contributed by atoms with E-state index >= 15 is 0 Å². The van der Waals surface area contributed by atoms with Gasteiger partial charge in [-0.25, -0.2) is 0 Å². The fourth-order valence-electron chi connectivity index (χ4n) is 3.01. The number of unbranched alkanes of at least 4 members (excludes halogenated alkanes) is 1. The SMILES string of the molecule is CCOC(=O)CCCC[n+]1cc2ccccc2c2ccccc21. The number of nitrogens with zero attached hydrogens (tertiary/aromatic N) is 1. The predicted molar refractivity (Wildman–Crippen MR) is 92.1 cm³/mol. The summed E-state index contributed by atoms with van der Waals surface area (Å²) in [7, 11) is 0. The molecule has 23 heavy (non-hydrogen) atoms. The maximum atomic E-state index is 11.4. The van der Waals surface area contributed by atoms with Crippen molar-refractivity contribution in [1.29, 1.82) is 0 Å². The Labute approximate surface area is 136 Å². The van der Waals surface area contributed by atoms with Crippen molar-refractivity contribution in [3.05, 3.63) is 54.7 Å². The Hall–Kier alpha value is -2.42. The lowest BCUT2D eigenvalue weighted by Gasteiger charge is -2.05. The van der Waals surface area contributed by atoms with Gasteiger partial charge in [0.05, 0.1) is 12.0 Å². The number of hydrogen-bond donors (Lipinski definition) is 0. The van der Waals surface area contributed by atoms with Crippen LogP contribution in [-0.2, 0) is 16.1 Å². The van der Waals surface area contributed by atoms with Gasteiger partial charge < -0.3 is 4.74 Å². The Morgan fingerprint density at radius 1 is 1.00 bits per heavy atom. The summed E-state index contributed by atoms with van der Waals surface area (Å²) >= 11 is 0. The van der Waals surface area contributed by atoms with Crippen LogP contribution in [0, 0.1) is 0 Å². The molecule has 0 spiro atoms. The van der Waals surface area contributed by atoms with E-state index in [1.54, 1.807) is 0 Å². The molecular formula is C20H22NO2+. The number of carbonyl (C=O) groups excluding carboxylic acids is 1. The van der Waals surface area contributed by atoms with Crippen molar-refractivity contribution in [2.75, 3.05) is 6.61 Å². The minimum atomic E-state index is -0.0964. The summed E-state index contributed by atoms with van der Waals surface area (Å²) in [6.07, 6.45) is 4.53. The molecule has 118 valence electrons. The van der Waals surface area contributed by atoms with E-state index in [-0.39, 0.29) is 5.97 Å². The first-order chi connectivity index (χ1) is 11.3. The summed E-state index contributed by atoms with van der Waals surface area (Å²) in [5.41, 5.74) is 1.24. The van der Waals surface area contributed by atoms with Crippen molar-refractivity contribution >= 4 is 27.6 Å². The van der Waals surface area contributed by atoms with Crippen LogP contribution in [0.2, 0.25) is 0 Å². The van der Waals surface area contributed by atoms with E-state index in [0.717, 1.165) is 19.4 Å². The zero-order valence-electron chi connectivity index (χ0n) is 13.5. The lowest BCUT2D eigenvalue weighted by molar-refractivity contribution is -0.670. The normalized spacial score (nSPS) is 11.0. The second-order valence-corrected chi connectivity index (χ2v) is 5.69. The second kappa shape index (κ2) is 7.23. The molecule has 0 atom stereocenters. The van der Waals surface area contributed by atoms with E-state index in [2.05, 4.69) is 59.3 Å². The molecule has 0 aliphatic carbocycles. The average molecular weight is 308 g/mol. The molecule has 0 aliphatic rings. The van der Waals surface area contributed by atoms with Gasteiger partial charge in [0.25, 0.3) is 0 Å². The molecule has 0 amide bonds. The summed E-state index contributed by atoms with van der Waals surface area (Å²) in [4.78, 5) is 11.4. The highest BCUT2D eigenvalue weighted by Gasteiger charge is 2.12. The fraction of sp³-hybridized carbons (Fsp3) is 0.300. The minimum Gasteiger partial charge on any atom is -0.466 e. The first-order valence-corrected chi connectivity index (χ1v) is 8.25. The van der Waals surface area contributed by atoms with Gasteiger partial charge in [-0.05, 0) is 25.5 Å². The maximum absolute atomic E-state index is 11.4. The van der Waals surface area contributed by atoms with E-state index in [4.69, 9.17) is 4.74 Å². The van der Waals surface area contributed by atoms with Crippen LogP contribution in [0.5, 0.6) is 0 Å². The molecule has 1 aromatic heterocycles. The van der Waals surface area contributed by atoms with Gasteiger partial charge in [0, 0.05) is 29.7 Å². The molecular weight excluding hydrogens is 286 g/mol. The van der Waals surface area contributed by atoms with Gasteiger partial charge in [0.1, 0.15) is 6.54 Å². The van der Waals surface area contributed by atoms with Gasteiger partial charge in [0.15, 0.2) is 6.20 Å². The van der Waals surface area contributed by atoms with E-state index in [9.17, 15) is 4.79 Å².